The number of piperidine rings is 1. The average Bonchev–Trinajstić information content (AvgIpc) is 3.75. The minimum absolute atomic E-state index is 0. The summed E-state index contributed by atoms with van der Waals surface area (Å²) in [4.78, 5) is 34.3. The molecule has 5 rings (SSSR count). The molecule has 2 amide bonds. The molecular formula is C32H47Cl2N5O4. The molecule has 2 saturated carbocycles. The summed E-state index contributed by atoms with van der Waals surface area (Å²) in [7, 11) is 3.25. The van der Waals surface area contributed by atoms with E-state index in [2.05, 4.69) is 15.6 Å². The largest absolute Gasteiger partial charge is 0.493 e. The number of pyridine rings is 1. The van der Waals surface area contributed by atoms with Gasteiger partial charge in [-0.15, -0.1) is 24.8 Å². The Labute approximate surface area is 267 Å². The highest BCUT2D eigenvalue weighted by Crippen LogP contribution is 2.54. The SMILES string of the molecule is COc1ccc(CN[C@H](CC2CCCCC2)C(=O)N2CCC[C@@H]3C[C@@]32C(=O)NCc2ccc(N)nc2C)cc1OC.Cl.Cl. The van der Waals surface area contributed by atoms with Crippen LogP contribution in [0.3, 0.4) is 0 Å². The van der Waals surface area contributed by atoms with Crippen LogP contribution in [0.25, 0.3) is 0 Å². The van der Waals surface area contributed by atoms with Crippen molar-refractivity contribution in [1.29, 1.82) is 0 Å². The van der Waals surface area contributed by atoms with E-state index in [0.29, 0.717) is 42.9 Å². The molecule has 11 heteroatoms. The van der Waals surface area contributed by atoms with Gasteiger partial charge in [0.2, 0.25) is 11.8 Å². The average molecular weight is 637 g/mol. The van der Waals surface area contributed by atoms with E-state index in [9.17, 15) is 9.59 Å². The van der Waals surface area contributed by atoms with Crippen molar-refractivity contribution < 1.29 is 19.1 Å². The van der Waals surface area contributed by atoms with Gasteiger partial charge in [0.25, 0.3) is 0 Å². The van der Waals surface area contributed by atoms with Gasteiger partial charge in [0, 0.05) is 25.3 Å². The van der Waals surface area contributed by atoms with Crippen molar-refractivity contribution in [3.8, 4) is 11.5 Å². The Morgan fingerprint density at radius 2 is 1.77 bits per heavy atom. The maximum Gasteiger partial charge on any atom is 0.246 e. The lowest BCUT2D eigenvalue weighted by Gasteiger charge is -2.39. The molecule has 2 aromatic rings. The molecule has 3 aliphatic rings. The topological polar surface area (TPSA) is 119 Å². The van der Waals surface area contributed by atoms with Gasteiger partial charge < -0.3 is 30.7 Å². The number of benzene rings is 1. The second-order valence-corrected chi connectivity index (χ2v) is 12.0. The highest BCUT2D eigenvalue weighted by molar-refractivity contribution is 5.96. The monoisotopic (exact) mass is 635 g/mol. The van der Waals surface area contributed by atoms with Crippen molar-refractivity contribution in [2.75, 3.05) is 26.5 Å². The lowest BCUT2D eigenvalue weighted by atomic mass is 9.84. The molecule has 2 heterocycles. The van der Waals surface area contributed by atoms with Crippen LogP contribution in [0.2, 0.25) is 0 Å². The number of aromatic nitrogens is 1. The molecule has 238 valence electrons. The van der Waals surface area contributed by atoms with Crippen LogP contribution in [0, 0.1) is 18.8 Å². The molecule has 0 spiro atoms. The van der Waals surface area contributed by atoms with E-state index < -0.39 is 5.54 Å². The van der Waals surface area contributed by atoms with Crippen LogP contribution in [0.15, 0.2) is 30.3 Å². The van der Waals surface area contributed by atoms with Gasteiger partial charge >= 0.3 is 0 Å². The number of nitrogens with one attached hydrogen (secondary N) is 2. The van der Waals surface area contributed by atoms with Crippen LogP contribution in [0.5, 0.6) is 11.5 Å². The number of aryl methyl sites for hydroxylation is 1. The van der Waals surface area contributed by atoms with E-state index >= 15 is 0 Å². The molecular weight excluding hydrogens is 589 g/mol. The summed E-state index contributed by atoms with van der Waals surface area (Å²) in [5, 5.41) is 6.73. The first-order valence-corrected chi connectivity index (χ1v) is 15.1. The van der Waals surface area contributed by atoms with E-state index in [1.807, 2.05) is 36.1 Å². The molecule has 1 aromatic heterocycles. The third-order valence-corrected chi connectivity index (χ3v) is 9.40. The predicted molar refractivity (Wildman–Crippen MR) is 173 cm³/mol. The molecule has 2 aliphatic carbocycles. The minimum atomic E-state index is -0.750. The maximum atomic E-state index is 14.3. The van der Waals surface area contributed by atoms with Gasteiger partial charge in [-0.25, -0.2) is 4.98 Å². The Morgan fingerprint density at radius 3 is 2.47 bits per heavy atom. The van der Waals surface area contributed by atoms with Gasteiger partial charge in [-0.1, -0.05) is 44.2 Å². The molecule has 0 bridgehead atoms. The Bertz CT molecular complexity index is 1260. The van der Waals surface area contributed by atoms with E-state index in [1.54, 1.807) is 20.3 Å². The lowest BCUT2D eigenvalue weighted by molar-refractivity contribution is -0.146. The third kappa shape index (κ3) is 7.67. The smallest absolute Gasteiger partial charge is 0.246 e. The standard InChI is InChI=1S/C32H45N5O4.2ClH/c1-21-24(12-14-29(33)36-21)20-35-31(39)32-18-25(32)10-7-15-37(32)30(38)26(16-22-8-5-4-6-9-22)34-19-23-11-13-27(40-2)28(17-23)41-3;;/h11-14,17,22,25-26,34H,4-10,15-16,18-20H2,1-3H3,(H2,33,36)(H,35,39);2*1H/t25-,26-,32+;;/m1../s1. The molecule has 3 atom stereocenters. The van der Waals surface area contributed by atoms with Gasteiger partial charge in [-0.05, 0) is 73.8 Å². The number of amides is 2. The first-order valence-electron chi connectivity index (χ1n) is 15.1. The van der Waals surface area contributed by atoms with Crippen molar-refractivity contribution in [1.82, 2.24) is 20.5 Å². The van der Waals surface area contributed by atoms with Gasteiger partial charge in [0.1, 0.15) is 11.4 Å². The van der Waals surface area contributed by atoms with Crippen LogP contribution in [0.4, 0.5) is 5.82 Å². The highest BCUT2D eigenvalue weighted by atomic mass is 35.5. The minimum Gasteiger partial charge on any atom is -0.493 e. The zero-order valence-corrected chi connectivity index (χ0v) is 27.2. The summed E-state index contributed by atoms with van der Waals surface area (Å²) in [6.45, 7) is 3.41. The second-order valence-electron chi connectivity index (χ2n) is 12.0. The number of nitrogen functional groups attached to an aromatic ring is 1. The first kappa shape index (κ1) is 34.7. The van der Waals surface area contributed by atoms with Crippen LogP contribution in [-0.2, 0) is 22.7 Å². The number of hydrogen-bond donors (Lipinski definition) is 3. The van der Waals surface area contributed by atoms with E-state index in [0.717, 1.165) is 55.3 Å². The number of likely N-dealkylation sites (tertiary alicyclic amines) is 1. The summed E-state index contributed by atoms with van der Waals surface area (Å²) < 4.78 is 10.9. The molecule has 1 aromatic carbocycles. The highest BCUT2D eigenvalue weighted by Gasteiger charge is 2.66. The summed E-state index contributed by atoms with van der Waals surface area (Å²) in [6.07, 6.45) is 9.46. The number of fused-ring (bicyclic) bond motifs is 1. The number of hydrogen-bond acceptors (Lipinski definition) is 7. The van der Waals surface area contributed by atoms with Crippen molar-refractivity contribution in [2.24, 2.45) is 11.8 Å². The number of nitrogens with zero attached hydrogens (tertiary/aromatic N) is 2. The Kier molecular flexibility index (Phi) is 12.4. The van der Waals surface area contributed by atoms with E-state index in [-0.39, 0.29) is 48.6 Å². The molecule has 4 N–H and O–H groups in total. The first-order chi connectivity index (χ1) is 19.8. The van der Waals surface area contributed by atoms with Crippen LogP contribution < -0.4 is 25.8 Å². The number of nitrogens with two attached hydrogens (primary N) is 1. The Hall–Kier alpha value is -2.75. The normalized spacial score (nSPS) is 21.8. The summed E-state index contributed by atoms with van der Waals surface area (Å²) >= 11 is 0. The Morgan fingerprint density at radius 1 is 1.02 bits per heavy atom. The van der Waals surface area contributed by atoms with Gasteiger partial charge in [-0.2, -0.15) is 0 Å². The van der Waals surface area contributed by atoms with Crippen molar-refractivity contribution in [2.45, 2.75) is 89.4 Å². The van der Waals surface area contributed by atoms with Gasteiger partial charge in [-0.3, -0.25) is 9.59 Å². The molecule has 1 aliphatic heterocycles. The van der Waals surface area contributed by atoms with Crippen LogP contribution in [-0.4, -0.2) is 54.0 Å². The Balaban J connectivity index is 0.00000253. The quantitative estimate of drug-likeness (QED) is 0.319. The van der Waals surface area contributed by atoms with E-state index in [1.165, 1.54) is 19.3 Å². The molecule has 9 nitrogen and oxygen atoms in total. The zero-order chi connectivity index (χ0) is 29.0. The lowest BCUT2D eigenvalue weighted by Crippen LogP contribution is -2.59. The number of rotatable bonds is 11. The third-order valence-electron chi connectivity index (χ3n) is 9.40. The van der Waals surface area contributed by atoms with Crippen molar-refractivity contribution >= 4 is 42.4 Å². The number of carbonyl (C=O) groups is 2. The predicted octanol–water partition coefficient (Wildman–Crippen LogP) is 4.96. The molecule has 0 unspecified atom stereocenters. The van der Waals surface area contributed by atoms with Gasteiger partial charge in [0.15, 0.2) is 11.5 Å². The summed E-state index contributed by atoms with van der Waals surface area (Å²) in [6, 6.07) is 9.15. The summed E-state index contributed by atoms with van der Waals surface area (Å²) in [5.41, 5.74) is 7.81. The second kappa shape index (κ2) is 15.3. The molecule has 1 saturated heterocycles. The van der Waals surface area contributed by atoms with Crippen molar-refractivity contribution in [3.05, 3.63) is 47.2 Å². The fourth-order valence-corrected chi connectivity index (χ4v) is 6.96. The molecule has 0 radical (unpaired) electrons. The number of anilines is 1. The van der Waals surface area contributed by atoms with Crippen LogP contribution >= 0.6 is 24.8 Å². The zero-order valence-electron chi connectivity index (χ0n) is 25.5. The molecule has 43 heavy (non-hydrogen) atoms. The number of ether oxygens (including phenoxy) is 2. The van der Waals surface area contributed by atoms with Crippen molar-refractivity contribution in [3.63, 3.8) is 0 Å². The number of carbonyl (C=O) groups excluding carboxylic acids is 2. The van der Waals surface area contributed by atoms with Crippen LogP contribution in [0.1, 0.15) is 74.6 Å². The fourth-order valence-electron chi connectivity index (χ4n) is 6.96. The molecule has 3 fully saturated rings. The maximum absolute atomic E-state index is 14.3. The summed E-state index contributed by atoms with van der Waals surface area (Å²) in [5.74, 6) is 2.54. The fraction of sp³-hybridized carbons (Fsp3) is 0.594. The number of methoxy groups -OCH3 is 2. The van der Waals surface area contributed by atoms with Gasteiger partial charge in [0.05, 0.1) is 20.3 Å². The van der Waals surface area contributed by atoms with E-state index in [4.69, 9.17) is 15.2 Å². The number of halogens is 2.